The molecule has 0 saturated carbocycles. The van der Waals surface area contributed by atoms with Crippen LogP contribution in [-0.4, -0.2) is 5.78 Å². The van der Waals surface area contributed by atoms with Gasteiger partial charge in [0.1, 0.15) is 5.78 Å². The molecule has 1 aromatic carbocycles. The Morgan fingerprint density at radius 2 is 1.83 bits per heavy atom. The molecule has 0 aliphatic carbocycles. The lowest BCUT2D eigenvalue weighted by atomic mass is 9.88. The van der Waals surface area contributed by atoms with E-state index >= 15 is 0 Å². The predicted octanol–water partition coefficient (Wildman–Crippen LogP) is 4.80. The highest BCUT2D eigenvalue weighted by Crippen LogP contribution is 2.25. The zero-order valence-electron chi connectivity index (χ0n) is 12.4. The fourth-order valence-corrected chi connectivity index (χ4v) is 2.38. The van der Waals surface area contributed by atoms with E-state index in [4.69, 9.17) is 0 Å². The van der Waals surface area contributed by atoms with E-state index in [1.807, 2.05) is 0 Å². The van der Waals surface area contributed by atoms with Crippen LogP contribution in [0.3, 0.4) is 0 Å². The molecule has 0 bridgehead atoms. The molecule has 0 saturated heterocycles. The number of hydrogen-bond acceptors (Lipinski definition) is 1. The van der Waals surface area contributed by atoms with E-state index in [0.29, 0.717) is 11.7 Å². The Labute approximate surface area is 112 Å². The first-order valence-corrected chi connectivity index (χ1v) is 7.03. The lowest BCUT2D eigenvalue weighted by Gasteiger charge is -2.17. The topological polar surface area (TPSA) is 17.1 Å². The molecule has 0 aliphatic rings. The molecule has 1 aromatic rings. The fraction of sp³-hybridized carbons (Fsp3) is 0.588. The summed E-state index contributed by atoms with van der Waals surface area (Å²) < 4.78 is 0. The van der Waals surface area contributed by atoms with Crippen molar-refractivity contribution in [3.05, 3.63) is 34.9 Å². The molecule has 0 N–H and O–H groups in total. The molecule has 0 spiro atoms. The van der Waals surface area contributed by atoms with Gasteiger partial charge in [-0.15, -0.1) is 0 Å². The minimum absolute atomic E-state index is 0.249. The van der Waals surface area contributed by atoms with Gasteiger partial charge in [-0.25, -0.2) is 0 Å². The summed E-state index contributed by atoms with van der Waals surface area (Å²) in [6.45, 7) is 10.4. The van der Waals surface area contributed by atoms with Crippen LogP contribution in [0.2, 0.25) is 0 Å². The smallest absolute Gasteiger partial charge is 0.132 e. The zero-order chi connectivity index (χ0) is 13.7. The number of rotatable bonds is 6. The van der Waals surface area contributed by atoms with E-state index in [1.54, 1.807) is 6.92 Å². The number of carbonyl (C=O) groups excluding carboxylic acids is 1. The Hall–Kier alpha value is -1.11. The van der Waals surface area contributed by atoms with Crippen LogP contribution in [0.5, 0.6) is 0 Å². The van der Waals surface area contributed by atoms with Crippen LogP contribution in [0, 0.1) is 19.8 Å². The third kappa shape index (κ3) is 3.97. The van der Waals surface area contributed by atoms with Gasteiger partial charge in [0, 0.05) is 5.92 Å². The Morgan fingerprint density at radius 1 is 1.17 bits per heavy atom. The second kappa shape index (κ2) is 6.72. The van der Waals surface area contributed by atoms with Crippen LogP contribution < -0.4 is 0 Å². The van der Waals surface area contributed by atoms with E-state index in [9.17, 15) is 4.79 Å². The van der Waals surface area contributed by atoms with Gasteiger partial charge in [0.05, 0.1) is 0 Å². The first-order chi connectivity index (χ1) is 8.45. The van der Waals surface area contributed by atoms with Crippen molar-refractivity contribution in [2.45, 2.75) is 59.8 Å². The molecule has 1 heteroatoms. The summed E-state index contributed by atoms with van der Waals surface area (Å²) in [4.78, 5) is 11.4. The van der Waals surface area contributed by atoms with Crippen LogP contribution in [0.1, 0.15) is 62.6 Å². The third-order valence-electron chi connectivity index (χ3n) is 4.12. The number of benzene rings is 1. The van der Waals surface area contributed by atoms with Gasteiger partial charge >= 0.3 is 0 Å². The van der Waals surface area contributed by atoms with Crippen molar-refractivity contribution < 1.29 is 4.79 Å². The van der Waals surface area contributed by atoms with E-state index in [2.05, 4.69) is 45.9 Å². The molecule has 2 unspecified atom stereocenters. The first kappa shape index (κ1) is 14.9. The number of ketones is 1. The average molecular weight is 246 g/mol. The van der Waals surface area contributed by atoms with Crippen molar-refractivity contribution in [2.75, 3.05) is 0 Å². The van der Waals surface area contributed by atoms with Crippen molar-refractivity contribution in [1.29, 1.82) is 0 Å². The van der Waals surface area contributed by atoms with E-state index < -0.39 is 0 Å². The van der Waals surface area contributed by atoms with Gasteiger partial charge in [0.15, 0.2) is 0 Å². The highest BCUT2D eigenvalue weighted by Gasteiger charge is 2.14. The molecular formula is C17H26O. The Balaban J connectivity index is 2.62. The summed E-state index contributed by atoms with van der Waals surface area (Å²) in [5, 5.41) is 0. The largest absolute Gasteiger partial charge is 0.300 e. The maximum absolute atomic E-state index is 11.4. The summed E-state index contributed by atoms with van der Waals surface area (Å²) in [5.74, 6) is 1.13. The monoisotopic (exact) mass is 246 g/mol. The normalized spacial score (nSPS) is 14.3. The summed E-state index contributed by atoms with van der Waals surface area (Å²) in [5.41, 5.74) is 4.11. The minimum Gasteiger partial charge on any atom is -0.300 e. The van der Waals surface area contributed by atoms with Gasteiger partial charge in [-0.2, -0.15) is 0 Å². The molecule has 100 valence electrons. The maximum Gasteiger partial charge on any atom is 0.132 e. The predicted molar refractivity (Wildman–Crippen MR) is 78.0 cm³/mol. The molecule has 0 amide bonds. The van der Waals surface area contributed by atoms with E-state index in [-0.39, 0.29) is 5.92 Å². The van der Waals surface area contributed by atoms with Crippen molar-refractivity contribution >= 4 is 5.78 Å². The van der Waals surface area contributed by atoms with Crippen LogP contribution in [0.15, 0.2) is 18.2 Å². The van der Waals surface area contributed by atoms with Gasteiger partial charge < -0.3 is 0 Å². The molecule has 0 fully saturated rings. The summed E-state index contributed by atoms with van der Waals surface area (Å²) in [6, 6.07) is 6.71. The summed E-state index contributed by atoms with van der Waals surface area (Å²) in [7, 11) is 0. The standard InChI is InChI=1S/C17H26O/c1-6-16(15(5)18)9-8-13(3)17-10-7-12(2)14(4)11-17/h7,10-11,13,16H,6,8-9H2,1-5H3. The van der Waals surface area contributed by atoms with Gasteiger partial charge in [0.25, 0.3) is 0 Å². The molecule has 1 rings (SSSR count). The van der Waals surface area contributed by atoms with Gasteiger partial charge in [-0.3, -0.25) is 4.79 Å². The van der Waals surface area contributed by atoms with Crippen molar-refractivity contribution in [1.82, 2.24) is 0 Å². The maximum atomic E-state index is 11.4. The van der Waals surface area contributed by atoms with Gasteiger partial charge in [-0.1, -0.05) is 32.0 Å². The SMILES string of the molecule is CCC(CCC(C)c1ccc(C)c(C)c1)C(C)=O. The number of hydrogen-bond donors (Lipinski definition) is 0. The average Bonchev–Trinajstić information content (AvgIpc) is 2.32. The Bertz CT molecular complexity index is 406. The van der Waals surface area contributed by atoms with Crippen molar-refractivity contribution in [2.24, 2.45) is 5.92 Å². The lowest BCUT2D eigenvalue weighted by molar-refractivity contribution is -0.121. The number of Topliss-reactive ketones (excluding diaryl/α,β-unsaturated/α-hetero) is 1. The van der Waals surface area contributed by atoms with Crippen LogP contribution in [0.4, 0.5) is 0 Å². The molecule has 0 heterocycles. The van der Waals surface area contributed by atoms with E-state index in [0.717, 1.165) is 19.3 Å². The second-order valence-corrected chi connectivity index (χ2v) is 5.54. The van der Waals surface area contributed by atoms with Gasteiger partial charge in [0.2, 0.25) is 0 Å². The third-order valence-corrected chi connectivity index (χ3v) is 4.12. The molecule has 1 nitrogen and oxygen atoms in total. The van der Waals surface area contributed by atoms with Crippen LogP contribution >= 0.6 is 0 Å². The van der Waals surface area contributed by atoms with Crippen molar-refractivity contribution in [3.8, 4) is 0 Å². The first-order valence-electron chi connectivity index (χ1n) is 7.03. The van der Waals surface area contributed by atoms with Gasteiger partial charge in [-0.05, 0) is 62.6 Å². The lowest BCUT2D eigenvalue weighted by Crippen LogP contribution is -2.10. The molecule has 0 radical (unpaired) electrons. The summed E-state index contributed by atoms with van der Waals surface area (Å²) in [6.07, 6.45) is 3.08. The molecule has 18 heavy (non-hydrogen) atoms. The number of aryl methyl sites for hydroxylation is 2. The molecule has 0 aliphatic heterocycles. The Kier molecular flexibility index (Phi) is 5.58. The second-order valence-electron chi connectivity index (χ2n) is 5.54. The molecule has 2 atom stereocenters. The van der Waals surface area contributed by atoms with Crippen LogP contribution in [-0.2, 0) is 4.79 Å². The van der Waals surface area contributed by atoms with Crippen molar-refractivity contribution in [3.63, 3.8) is 0 Å². The highest BCUT2D eigenvalue weighted by atomic mass is 16.1. The fourth-order valence-electron chi connectivity index (χ4n) is 2.38. The van der Waals surface area contributed by atoms with Crippen LogP contribution in [0.25, 0.3) is 0 Å². The number of carbonyl (C=O) groups is 1. The quantitative estimate of drug-likeness (QED) is 0.704. The molecular weight excluding hydrogens is 220 g/mol. The highest BCUT2D eigenvalue weighted by molar-refractivity contribution is 5.78. The minimum atomic E-state index is 0.249. The zero-order valence-corrected chi connectivity index (χ0v) is 12.4. The molecule has 0 aromatic heterocycles. The summed E-state index contributed by atoms with van der Waals surface area (Å²) >= 11 is 0. The van der Waals surface area contributed by atoms with E-state index in [1.165, 1.54) is 16.7 Å². The Morgan fingerprint density at radius 3 is 2.33 bits per heavy atom.